The van der Waals surface area contributed by atoms with E-state index in [-0.39, 0.29) is 0 Å². The molecule has 0 spiro atoms. The van der Waals surface area contributed by atoms with Crippen LogP contribution >= 0.6 is 0 Å². The second-order valence-corrected chi connectivity index (χ2v) is 5.17. The van der Waals surface area contributed by atoms with Crippen LogP contribution in [0, 0.1) is 11.8 Å². The van der Waals surface area contributed by atoms with Gasteiger partial charge in [0.25, 0.3) is 0 Å². The molecule has 0 aliphatic rings. The van der Waals surface area contributed by atoms with E-state index in [9.17, 15) is 8.42 Å². The fraction of sp³-hybridized carbons (Fsp3) is 0.273. The van der Waals surface area contributed by atoms with Crippen molar-refractivity contribution in [3.8, 4) is 11.8 Å². The topological polar surface area (TPSA) is 37.4 Å². The van der Waals surface area contributed by atoms with Crippen molar-refractivity contribution in [3.63, 3.8) is 0 Å². The summed E-state index contributed by atoms with van der Waals surface area (Å²) in [5.74, 6) is 5.68. The molecule has 0 bridgehead atoms. The van der Waals surface area contributed by atoms with Gasteiger partial charge in [0.1, 0.15) is 0 Å². The lowest BCUT2D eigenvalue weighted by Crippen LogP contribution is -2.24. The van der Waals surface area contributed by atoms with Crippen LogP contribution < -0.4 is 4.31 Å². The first-order valence-corrected chi connectivity index (χ1v) is 6.26. The molecule has 0 fully saturated rings. The molecule has 3 nitrogen and oxygen atoms in total. The summed E-state index contributed by atoms with van der Waals surface area (Å²) in [5.41, 5.74) is 1.52. The third kappa shape index (κ3) is 3.00. The third-order valence-electron chi connectivity index (χ3n) is 2.00. The quantitative estimate of drug-likeness (QED) is 0.712. The molecule has 1 rings (SSSR count). The Kier molecular flexibility index (Phi) is 3.38. The molecular weight excluding hydrogens is 210 g/mol. The van der Waals surface area contributed by atoms with Crippen LogP contribution in [-0.4, -0.2) is 21.7 Å². The van der Waals surface area contributed by atoms with Crippen LogP contribution in [0.25, 0.3) is 0 Å². The Morgan fingerprint density at radius 1 is 1.20 bits per heavy atom. The molecule has 0 N–H and O–H groups in total. The predicted molar refractivity (Wildman–Crippen MR) is 62.2 cm³/mol. The van der Waals surface area contributed by atoms with E-state index >= 15 is 0 Å². The standard InChI is InChI=1S/C11H13NO2S/c1-4-5-10-6-8-11(9-7-10)12(2)15(3,13)14/h6-9H,1-3H3. The Labute approximate surface area is 90.8 Å². The lowest BCUT2D eigenvalue weighted by molar-refractivity contribution is 0.600. The van der Waals surface area contributed by atoms with Crippen LogP contribution in [0.2, 0.25) is 0 Å². The van der Waals surface area contributed by atoms with Gasteiger partial charge in [0.2, 0.25) is 10.0 Å². The van der Waals surface area contributed by atoms with E-state index in [1.165, 1.54) is 17.6 Å². The van der Waals surface area contributed by atoms with Gasteiger partial charge in [-0.2, -0.15) is 0 Å². The van der Waals surface area contributed by atoms with E-state index in [0.717, 1.165) is 5.56 Å². The zero-order chi connectivity index (χ0) is 11.5. The van der Waals surface area contributed by atoms with Crippen molar-refractivity contribution < 1.29 is 8.42 Å². The molecule has 4 heteroatoms. The Morgan fingerprint density at radius 3 is 2.13 bits per heavy atom. The number of hydrogen-bond donors (Lipinski definition) is 0. The van der Waals surface area contributed by atoms with Gasteiger partial charge in [-0.1, -0.05) is 5.92 Å². The molecule has 0 atom stereocenters. The number of anilines is 1. The molecule has 80 valence electrons. The molecule has 0 aliphatic carbocycles. The van der Waals surface area contributed by atoms with Gasteiger partial charge in [0.15, 0.2) is 0 Å². The highest BCUT2D eigenvalue weighted by molar-refractivity contribution is 7.92. The zero-order valence-electron chi connectivity index (χ0n) is 8.98. The summed E-state index contributed by atoms with van der Waals surface area (Å²) < 4.78 is 23.7. The summed E-state index contributed by atoms with van der Waals surface area (Å²) in [6.45, 7) is 1.76. The van der Waals surface area contributed by atoms with Crippen molar-refractivity contribution in [1.29, 1.82) is 0 Å². The van der Waals surface area contributed by atoms with Crippen LogP contribution in [0.3, 0.4) is 0 Å². The van der Waals surface area contributed by atoms with E-state index in [2.05, 4.69) is 11.8 Å². The second-order valence-electron chi connectivity index (χ2n) is 3.15. The molecule has 0 unspecified atom stereocenters. The van der Waals surface area contributed by atoms with E-state index in [0.29, 0.717) is 5.69 Å². The molecule has 15 heavy (non-hydrogen) atoms. The van der Waals surface area contributed by atoms with Crippen molar-refractivity contribution >= 4 is 15.7 Å². The summed E-state index contributed by atoms with van der Waals surface area (Å²) in [5, 5.41) is 0. The molecule has 0 saturated carbocycles. The van der Waals surface area contributed by atoms with Crippen molar-refractivity contribution in [1.82, 2.24) is 0 Å². The molecule has 1 aromatic carbocycles. The van der Waals surface area contributed by atoms with Crippen LogP contribution in [0.1, 0.15) is 12.5 Å². The monoisotopic (exact) mass is 223 g/mol. The highest BCUT2D eigenvalue weighted by Crippen LogP contribution is 2.15. The number of hydrogen-bond acceptors (Lipinski definition) is 2. The van der Waals surface area contributed by atoms with Gasteiger partial charge in [-0.3, -0.25) is 4.31 Å². The maximum atomic E-state index is 11.2. The Balaban J connectivity index is 3.03. The highest BCUT2D eigenvalue weighted by Gasteiger charge is 2.10. The molecule has 0 saturated heterocycles. The van der Waals surface area contributed by atoms with E-state index in [1.54, 1.807) is 31.2 Å². The average molecular weight is 223 g/mol. The first kappa shape index (κ1) is 11.6. The van der Waals surface area contributed by atoms with Crippen molar-refractivity contribution in [2.24, 2.45) is 0 Å². The highest BCUT2D eigenvalue weighted by atomic mass is 32.2. The van der Waals surface area contributed by atoms with Gasteiger partial charge in [-0.25, -0.2) is 8.42 Å². The molecule has 0 amide bonds. The van der Waals surface area contributed by atoms with Gasteiger partial charge in [-0.15, -0.1) is 5.92 Å². The summed E-state index contributed by atoms with van der Waals surface area (Å²) in [4.78, 5) is 0. The van der Waals surface area contributed by atoms with E-state index in [4.69, 9.17) is 0 Å². The van der Waals surface area contributed by atoms with Crippen LogP contribution in [0.15, 0.2) is 24.3 Å². The summed E-state index contributed by atoms with van der Waals surface area (Å²) >= 11 is 0. The van der Waals surface area contributed by atoms with Crippen molar-refractivity contribution in [2.75, 3.05) is 17.6 Å². The maximum absolute atomic E-state index is 11.2. The summed E-state index contributed by atoms with van der Waals surface area (Å²) in [6.07, 6.45) is 1.17. The van der Waals surface area contributed by atoms with Crippen molar-refractivity contribution in [2.45, 2.75) is 6.92 Å². The van der Waals surface area contributed by atoms with Gasteiger partial charge >= 0.3 is 0 Å². The van der Waals surface area contributed by atoms with Crippen molar-refractivity contribution in [3.05, 3.63) is 29.8 Å². The molecule has 1 aromatic rings. The molecule has 0 aromatic heterocycles. The first-order valence-electron chi connectivity index (χ1n) is 4.42. The summed E-state index contributed by atoms with van der Waals surface area (Å²) in [6, 6.07) is 7.07. The largest absolute Gasteiger partial charge is 0.274 e. The Morgan fingerprint density at radius 2 is 1.73 bits per heavy atom. The normalized spacial score (nSPS) is 10.3. The molecule has 0 heterocycles. The number of benzene rings is 1. The maximum Gasteiger partial charge on any atom is 0.231 e. The van der Waals surface area contributed by atoms with Gasteiger partial charge in [-0.05, 0) is 31.2 Å². The van der Waals surface area contributed by atoms with Gasteiger partial charge in [0.05, 0.1) is 11.9 Å². The summed E-state index contributed by atoms with van der Waals surface area (Å²) in [7, 11) is -1.66. The third-order valence-corrected chi connectivity index (χ3v) is 3.20. The van der Waals surface area contributed by atoms with E-state index in [1.807, 2.05) is 0 Å². The number of nitrogens with zero attached hydrogens (tertiary/aromatic N) is 1. The number of rotatable bonds is 2. The van der Waals surface area contributed by atoms with Gasteiger partial charge in [0, 0.05) is 12.6 Å². The van der Waals surface area contributed by atoms with Crippen LogP contribution in [-0.2, 0) is 10.0 Å². The minimum Gasteiger partial charge on any atom is -0.274 e. The lowest BCUT2D eigenvalue weighted by atomic mass is 10.2. The average Bonchev–Trinajstić information content (AvgIpc) is 2.17. The fourth-order valence-electron chi connectivity index (χ4n) is 1.09. The Bertz CT molecular complexity index is 492. The molecule has 0 aliphatic heterocycles. The molecular formula is C11H13NO2S. The molecule has 0 radical (unpaired) electrons. The van der Waals surface area contributed by atoms with Crippen LogP contribution in [0.4, 0.5) is 5.69 Å². The smallest absolute Gasteiger partial charge is 0.231 e. The number of sulfonamides is 1. The second kappa shape index (κ2) is 4.37. The lowest BCUT2D eigenvalue weighted by Gasteiger charge is -2.16. The zero-order valence-corrected chi connectivity index (χ0v) is 9.80. The Hall–Kier alpha value is -1.47. The minimum atomic E-state index is -3.18. The first-order chi connectivity index (χ1) is 6.95. The minimum absolute atomic E-state index is 0.638. The predicted octanol–water partition coefficient (Wildman–Crippen LogP) is 1.45. The SMILES string of the molecule is CC#Cc1ccc(N(C)S(C)(=O)=O)cc1. The van der Waals surface area contributed by atoms with E-state index < -0.39 is 10.0 Å². The van der Waals surface area contributed by atoms with Gasteiger partial charge < -0.3 is 0 Å². The fourth-order valence-corrected chi connectivity index (χ4v) is 1.60. The van der Waals surface area contributed by atoms with Crippen LogP contribution in [0.5, 0.6) is 0 Å².